The monoisotopic (exact) mass is 338 g/mol. The third-order valence-electron chi connectivity index (χ3n) is 3.91. The van der Waals surface area contributed by atoms with Crippen molar-refractivity contribution in [2.24, 2.45) is 0 Å². The number of hydrogen-bond donors (Lipinski definition) is 1. The van der Waals surface area contributed by atoms with Crippen molar-refractivity contribution in [2.45, 2.75) is 19.6 Å². The first-order valence-electron chi connectivity index (χ1n) is 7.97. The molecule has 1 heterocycles. The Morgan fingerprint density at radius 2 is 1.92 bits per heavy atom. The molecule has 1 aliphatic rings. The Morgan fingerprint density at radius 1 is 1.25 bits per heavy atom. The molecule has 7 heteroatoms. The van der Waals surface area contributed by atoms with Crippen LogP contribution in [0.1, 0.15) is 12.5 Å². The third kappa shape index (κ3) is 4.75. The van der Waals surface area contributed by atoms with Gasteiger partial charge in [0.25, 0.3) is 0 Å². The van der Waals surface area contributed by atoms with Crippen LogP contribution in [-0.4, -0.2) is 64.5 Å². The van der Waals surface area contributed by atoms with Crippen LogP contribution >= 0.6 is 0 Å². The Balaban J connectivity index is 1.94. The van der Waals surface area contributed by atoms with E-state index in [9.17, 15) is 4.79 Å². The largest absolute Gasteiger partial charge is 0.493 e. The SMILES string of the molecule is COc1cc(CNC(=O)CN2CCO[C@@H](C)C2)cc(OC)c1OC. The van der Waals surface area contributed by atoms with E-state index >= 15 is 0 Å². The second-order valence-corrected chi connectivity index (χ2v) is 5.73. The van der Waals surface area contributed by atoms with Crippen molar-refractivity contribution >= 4 is 5.91 Å². The van der Waals surface area contributed by atoms with Gasteiger partial charge in [0, 0.05) is 19.6 Å². The molecule has 0 bridgehead atoms. The first-order valence-corrected chi connectivity index (χ1v) is 7.97. The minimum absolute atomic E-state index is 0.0159. The van der Waals surface area contributed by atoms with Crippen molar-refractivity contribution in [3.8, 4) is 17.2 Å². The minimum Gasteiger partial charge on any atom is -0.493 e. The van der Waals surface area contributed by atoms with Crippen LogP contribution in [0, 0.1) is 0 Å². The molecule has 1 aromatic carbocycles. The molecule has 1 aliphatic heterocycles. The Bertz CT molecular complexity index is 539. The van der Waals surface area contributed by atoms with Crippen molar-refractivity contribution in [1.82, 2.24) is 10.2 Å². The standard InChI is InChI=1S/C17H26N2O5/c1-12-10-19(5-6-24-12)11-16(20)18-9-13-7-14(21-2)17(23-4)15(8-13)22-3/h7-8,12H,5-6,9-11H2,1-4H3,(H,18,20)/t12-/m0/s1. The number of nitrogens with one attached hydrogen (secondary N) is 1. The maximum absolute atomic E-state index is 12.1. The summed E-state index contributed by atoms with van der Waals surface area (Å²) in [7, 11) is 4.70. The van der Waals surface area contributed by atoms with Gasteiger partial charge >= 0.3 is 0 Å². The van der Waals surface area contributed by atoms with E-state index in [1.165, 1.54) is 0 Å². The first-order chi connectivity index (χ1) is 11.6. The predicted molar refractivity (Wildman–Crippen MR) is 89.8 cm³/mol. The lowest BCUT2D eigenvalue weighted by Gasteiger charge is -2.30. The average molecular weight is 338 g/mol. The summed E-state index contributed by atoms with van der Waals surface area (Å²) in [5.74, 6) is 1.67. The molecule has 0 saturated carbocycles. The fourth-order valence-corrected chi connectivity index (χ4v) is 2.73. The van der Waals surface area contributed by atoms with Crippen LogP contribution in [0.2, 0.25) is 0 Å². The van der Waals surface area contributed by atoms with Crippen LogP contribution in [0.5, 0.6) is 17.2 Å². The van der Waals surface area contributed by atoms with Gasteiger partial charge in [-0.05, 0) is 24.6 Å². The van der Waals surface area contributed by atoms with E-state index < -0.39 is 0 Å². The molecule has 0 aliphatic carbocycles. The van der Waals surface area contributed by atoms with E-state index in [4.69, 9.17) is 18.9 Å². The second-order valence-electron chi connectivity index (χ2n) is 5.73. The molecule has 24 heavy (non-hydrogen) atoms. The number of benzene rings is 1. The molecule has 2 rings (SSSR count). The van der Waals surface area contributed by atoms with Crippen LogP contribution in [0.15, 0.2) is 12.1 Å². The number of morpholine rings is 1. The number of carbonyl (C=O) groups excluding carboxylic acids is 1. The molecule has 7 nitrogen and oxygen atoms in total. The van der Waals surface area contributed by atoms with Crippen molar-refractivity contribution in [3.05, 3.63) is 17.7 Å². The molecular formula is C17H26N2O5. The highest BCUT2D eigenvalue weighted by Crippen LogP contribution is 2.38. The molecular weight excluding hydrogens is 312 g/mol. The van der Waals surface area contributed by atoms with Crippen molar-refractivity contribution in [3.63, 3.8) is 0 Å². The lowest BCUT2D eigenvalue weighted by molar-refractivity contribution is -0.124. The highest BCUT2D eigenvalue weighted by atomic mass is 16.5. The summed E-state index contributed by atoms with van der Waals surface area (Å²) in [5, 5.41) is 2.93. The molecule has 0 aromatic heterocycles. The summed E-state index contributed by atoms with van der Waals surface area (Å²) in [6, 6.07) is 3.66. The average Bonchev–Trinajstić information content (AvgIpc) is 2.58. The zero-order valence-electron chi connectivity index (χ0n) is 14.8. The third-order valence-corrected chi connectivity index (χ3v) is 3.91. The van der Waals surface area contributed by atoms with Crippen LogP contribution < -0.4 is 19.5 Å². The quantitative estimate of drug-likeness (QED) is 0.801. The maximum atomic E-state index is 12.1. The van der Waals surface area contributed by atoms with Gasteiger partial charge in [-0.3, -0.25) is 9.69 Å². The fraction of sp³-hybridized carbons (Fsp3) is 0.588. The Labute approximate surface area is 142 Å². The highest BCUT2D eigenvalue weighted by Gasteiger charge is 2.19. The van der Waals surface area contributed by atoms with Crippen LogP contribution in [0.4, 0.5) is 0 Å². The Morgan fingerprint density at radius 3 is 2.46 bits per heavy atom. The molecule has 1 atom stereocenters. The van der Waals surface area contributed by atoms with Gasteiger partial charge in [-0.15, -0.1) is 0 Å². The van der Waals surface area contributed by atoms with Crippen LogP contribution in [0.25, 0.3) is 0 Å². The Hall–Kier alpha value is -1.99. The molecule has 0 unspecified atom stereocenters. The summed E-state index contributed by atoms with van der Waals surface area (Å²) >= 11 is 0. The number of amides is 1. The van der Waals surface area contributed by atoms with Gasteiger partial charge in [-0.2, -0.15) is 0 Å². The van der Waals surface area contributed by atoms with Crippen molar-refractivity contribution < 1.29 is 23.7 Å². The van der Waals surface area contributed by atoms with Crippen molar-refractivity contribution in [2.75, 3.05) is 47.6 Å². The number of carbonyl (C=O) groups is 1. The topological polar surface area (TPSA) is 69.3 Å². The molecule has 1 amide bonds. The molecule has 1 N–H and O–H groups in total. The zero-order valence-corrected chi connectivity index (χ0v) is 14.8. The van der Waals surface area contributed by atoms with Gasteiger partial charge in [0.2, 0.25) is 11.7 Å². The van der Waals surface area contributed by atoms with E-state index in [0.717, 1.165) is 18.7 Å². The molecule has 0 spiro atoms. The lowest BCUT2D eigenvalue weighted by atomic mass is 10.1. The van der Waals surface area contributed by atoms with Gasteiger partial charge in [-0.25, -0.2) is 0 Å². The number of rotatable bonds is 7. The van der Waals surface area contributed by atoms with Gasteiger partial charge < -0.3 is 24.3 Å². The van der Waals surface area contributed by atoms with E-state index in [2.05, 4.69) is 10.2 Å². The molecule has 1 saturated heterocycles. The van der Waals surface area contributed by atoms with E-state index in [1.54, 1.807) is 21.3 Å². The number of ether oxygens (including phenoxy) is 4. The van der Waals surface area contributed by atoms with E-state index in [-0.39, 0.29) is 12.0 Å². The fourth-order valence-electron chi connectivity index (χ4n) is 2.73. The summed E-state index contributed by atoms with van der Waals surface area (Å²) in [6.07, 6.45) is 0.168. The highest BCUT2D eigenvalue weighted by molar-refractivity contribution is 5.78. The van der Waals surface area contributed by atoms with Gasteiger partial charge in [-0.1, -0.05) is 0 Å². The molecule has 0 radical (unpaired) electrons. The number of nitrogens with zero attached hydrogens (tertiary/aromatic N) is 1. The summed E-state index contributed by atoms with van der Waals surface area (Å²) in [5.41, 5.74) is 0.883. The van der Waals surface area contributed by atoms with Crippen LogP contribution in [0.3, 0.4) is 0 Å². The second kappa shape index (κ2) is 8.75. The predicted octanol–water partition coefficient (Wildman–Crippen LogP) is 1.05. The van der Waals surface area contributed by atoms with E-state index in [1.807, 2.05) is 19.1 Å². The minimum atomic E-state index is -0.0159. The normalized spacial score (nSPS) is 18.1. The smallest absolute Gasteiger partial charge is 0.234 e. The maximum Gasteiger partial charge on any atom is 0.234 e. The molecule has 1 fully saturated rings. The summed E-state index contributed by atoms with van der Waals surface area (Å²) < 4.78 is 21.4. The van der Waals surface area contributed by atoms with Gasteiger partial charge in [0.1, 0.15) is 0 Å². The van der Waals surface area contributed by atoms with Gasteiger partial charge in [0.15, 0.2) is 11.5 Å². The molecule has 1 aromatic rings. The van der Waals surface area contributed by atoms with Crippen molar-refractivity contribution in [1.29, 1.82) is 0 Å². The summed E-state index contributed by atoms with van der Waals surface area (Å²) in [4.78, 5) is 14.2. The number of methoxy groups -OCH3 is 3. The Kier molecular flexibility index (Phi) is 6.69. The first kappa shape index (κ1) is 18.4. The lowest BCUT2D eigenvalue weighted by Crippen LogP contribution is -2.45. The van der Waals surface area contributed by atoms with E-state index in [0.29, 0.717) is 36.9 Å². The van der Waals surface area contributed by atoms with Gasteiger partial charge in [0.05, 0.1) is 40.6 Å². The number of hydrogen-bond acceptors (Lipinski definition) is 6. The zero-order chi connectivity index (χ0) is 17.5. The molecule has 134 valence electrons. The summed E-state index contributed by atoms with van der Waals surface area (Å²) in [6.45, 7) is 5.01. The van der Waals surface area contributed by atoms with Crippen LogP contribution in [-0.2, 0) is 16.1 Å².